The van der Waals surface area contributed by atoms with E-state index in [4.69, 9.17) is 4.74 Å². The topological polar surface area (TPSA) is 34.1 Å². The number of unbranched alkanes of at least 4 members (excludes halogenated alkanes) is 1. The number of nitrogens with zero attached hydrogens (tertiary/aromatic N) is 1. The third kappa shape index (κ3) is 3.93. The number of fused-ring (bicyclic) bond motifs is 1. The Morgan fingerprint density at radius 2 is 2.10 bits per heavy atom. The van der Waals surface area contributed by atoms with Gasteiger partial charge < -0.3 is 10.1 Å². The van der Waals surface area contributed by atoms with Crippen molar-refractivity contribution in [3.05, 3.63) is 33.3 Å². The molecule has 3 nitrogen and oxygen atoms in total. The Morgan fingerprint density at radius 3 is 2.90 bits per heavy atom. The molecule has 0 aliphatic rings. The minimum atomic E-state index is 0.706. The summed E-state index contributed by atoms with van der Waals surface area (Å²) in [7, 11) is 0. The van der Waals surface area contributed by atoms with Gasteiger partial charge >= 0.3 is 0 Å². The van der Waals surface area contributed by atoms with Crippen molar-refractivity contribution in [2.75, 3.05) is 19.7 Å². The van der Waals surface area contributed by atoms with Crippen molar-refractivity contribution in [3.63, 3.8) is 0 Å². The fourth-order valence-electron chi connectivity index (χ4n) is 1.99. The normalized spacial score (nSPS) is 10.9. The highest BCUT2D eigenvalue weighted by molar-refractivity contribution is 9.11. The van der Waals surface area contributed by atoms with E-state index in [2.05, 4.69) is 49.1 Å². The lowest BCUT2D eigenvalue weighted by Gasteiger charge is -2.12. The molecule has 0 spiro atoms. The summed E-state index contributed by atoms with van der Waals surface area (Å²) in [6.45, 7) is 4.89. The molecular weight excluding hydrogens is 384 g/mol. The lowest BCUT2D eigenvalue weighted by Crippen LogP contribution is -2.14. The van der Waals surface area contributed by atoms with E-state index in [1.807, 2.05) is 18.2 Å². The maximum atomic E-state index is 5.93. The van der Waals surface area contributed by atoms with Crippen LogP contribution >= 0.6 is 31.9 Å². The van der Waals surface area contributed by atoms with Crippen LogP contribution in [0.5, 0.6) is 5.75 Å². The highest BCUT2D eigenvalue weighted by Crippen LogP contribution is 2.37. The van der Waals surface area contributed by atoms with Crippen LogP contribution in [-0.4, -0.2) is 24.7 Å². The Labute approximate surface area is 136 Å². The molecule has 0 aliphatic carbocycles. The fraction of sp³-hybridized carbons (Fsp3) is 0.400. The molecule has 5 heteroatoms. The molecule has 20 heavy (non-hydrogen) atoms. The molecule has 0 saturated carbocycles. The van der Waals surface area contributed by atoms with Crippen molar-refractivity contribution in [3.8, 4) is 5.75 Å². The molecule has 2 rings (SSSR count). The number of hydrogen-bond acceptors (Lipinski definition) is 3. The molecule has 0 unspecified atom stereocenters. The maximum Gasteiger partial charge on any atom is 0.159 e. The number of nitrogens with one attached hydrogen (secondary N) is 1. The molecule has 0 bridgehead atoms. The largest absolute Gasteiger partial charge is 0.490 e. The predicted octanol–water partition coefficient (Wildman–Crippen LogP) is 4.53. The highest BCUT2D eigenvalue weighted by atomic mass is 79.9. The maximum absolute atomic E-state index is 5.93. The summed E-state index contributed by atoms with van der Waals surface area (Å²) >= 11 is 7.11. The van der Waals surface area contributed by atoms with Gasteiger partial charge in [-0.15, -0.1) is 0 Å². The van der Waals surface area contributed by atoms with Crippen molar-refractivity contribution in [2.45, 2.75) is 19.8 Å². The second-order valence-corrected chi connectivity index (χ2v) is 6.19. The van der Waals surface area contributed by atoms with Gasteiger partial charge in [0, 0.05) is 16.1 Å². The molecule has 0 radical (unpaired) electrons. The summed E-state index contributed by atoms with van der Waals surface area (Å²) in [6.07, 6.45) is 3.94. The van der Waals surface area contributed by atoms with E-state index < -0.39 is 0 Å². The predicted molar refractivity (Wildman–Crippen MR) is 90.4 cm³/mol. The quantitative estimate of drug-likeness (QED) is 0.692. The molecule has 0 saturated heterocycles. The summed E-state index contributed by atoms with van der Waals surface area (Å²) in [5.41, 5.74) is 0.889. The molecule has 1 aromatic heterocycles. The Kier molecular flexibility index (Phi) is 6.26. The van der Waals surface area contributed by atoms with Gasteiger partial charge in [0.2, 0.25) is 0 Å². The van der Waals surface area contributed by atoms with Gasteiger partial charge in [0.05, 0.1) is 11.1 Å². The first kappa shape index (κ1) is 15.7. The van der Waals surface area contributed by atoms with Gasteiger partial charge in [0.1, 0.15) is 5.52 Å². The zero-order valence-corrected chi connectivity index (χ0v) is 14.6. The number of benzene rings is 1. The average Bonchev–Trinajstić information content (AvgIpc) is 2.45. The Balaban J connectivity index is 2.06. The summed E-state index contributed by atoms with van der Waals surface area (Å²) in [5.74, 6) is 0.826. The van der Waals surface area contributed by atoms with E-state index in [-0.39, 0.29) is 0 Å². The summed E-state index contributed by atoms with van der Waals surface area (Å²) in [6, 6.07) is 5.98. The van der Waals surface area contributed by atoms with Gasteiger partial charge in [-0.25, -0.2) is 0 Å². The standard InChI is InChI=1S/C15H18Br2N2O/c1-2-18-7-3-4-9-20-15-13(17)10-12(16)11-6-5-8-19-14(11)15/h5-6,8,10,18H,2-4,7,9H2,1H3. The van der Waals surface area contributed by atoms with E-state index >= 15 is 0 Å². The van der Waals surface area contributed by atoms with Crippen LogP contribution in [0.1, 0.15) is 19.8 Å². The van der Waals surface area contributed by atoms with E-state index in [9.17, 15) is 0 Å². The molecule has 0 amide bonds. The number of pyridine rings is 1. The summed E-state index contributed by atoms with van der Waals surface area (Å²) in [4.78, 5) is 4.43. The Bertz CT molecular complexity index is 575. The van der Waals surface area contributed by atoms with Crippen LogP contribution < -0.4 is 10.1 Å². The zero-order valence-electron chi connectivity index (χ0n) is 11.5. The van der Waals surface area contributed by atoms with E-state index in [1.54, 1.807) is 6.20 Å². The minimum Gasteiger partial charge on any atom is -0.490 e. The van der Waals surface area contributed by atoms with Crippen LogP contribution in [0.2, 0.25) is 0 Å². The number of aromatic nitrogens is 1. The molecule has 0 atom stereocenters. The van der Waals surface area contributed by atoms with Crippen molar-refractivity contribution in [1.29, 1.82) is 0 Å². The van der Waals surface area contributed by atoms with Gasteiger partial charge in [0.25, 0.3) is 0 Å². The Hall–Kier alpha value is -0.650. The first-order valence-electron chi connectivity index (χ1n) is 6.80. The monoisotopic (exact) mass is 400 g/mol. The minimum absolute atomic E-state index is 0.706. The average molecular weight is 402 g/mol. The summed E-state index contributed by atoms with van der Waals surface area (Å²) in [5, 5.41) is 4.38. The molecule has 108 valence electrons. The van der Waals surface area contributed by atoms with Gasteiger partial charge in [0.15, 0.2) is 5.75 Å². The van der Waals surface area contributed by atoms with Gasteiger partial charge in [-0.05, 0) is 54.0 Å². The third-order valence-corrected chi connectivity index (χ3v) is 4.24. The van der Waals surface area contributed by atoms with Gasteiger partial charge in [-0.1, -0.05) is 28.9 Å². The van der Waals surface area contributed by atoms with E-state index in [1.165, 1.54) is 0 Å². The fourth-order valence-corrected chi connectivity index (χ4v) is 3.37. The van der Waals surface area contributed by atoms with Crippen LogP contribution in [0.4, 0.5) is 0 Å². The number of ether oxygens (including phenoxy) is 1. The first-order chi connectivity index (χ1) is 9.74. The van der Waals surface area contributed by atoms with Crippen molar-refractivity contribution in [2.24, 2.45) is 0 Å². The Morgan fingerprint density at radius 1 is 1.25 bits per heavy atom. The van der Waals surface area contributed by atoms with Crippen molar-refractivity contribution in [1.82, 2.24) is 10.3 Å². The summed E-state index contributed by atoms with van der Waals surface area (Å²) < 4.78 is 7.88. The molecule has 1 N–H and O–H groups in total. The SMILES string of the molecule is CCNCCCCOc1c(Br)cc(Br)c2cccnc12. The lowest BCUT2D eigenvalue weighted by molar-refractivity contribution is 0.307. The van der Waals surface area contributed by atoms with Crippen molar-refractivity contribution >= 4 is 42.8 Å². The highest BCUT2D eigenvalue weighted by Gasteiger charge is 2.11. The van der Waals surface area contributed by atoms with E-state index in [0.717, 1.165) is 51.5 Å². The third-order valence-electron chi connectivity index (χ3n) is 2.99. The van der Waals surface area contributed by atoms with Crippen LogP contribution in [0, 0.1) is 0 Å². The van der Waals surface area contributed by atoms with Crippen LogP contribution in [-0.2, 0) is 0 Å². The molecule has 0 aliphatic heterocycles. The number of rotatable bonds is 7. The van der Waals surface area contributed by atoms with Crippen LogP contribution in [0.3, 0.4) is 0 Å². The first-order valence-corrected chi connectivity index (χ1v) is 8.39. The number of hydrogen-bond donors (Lipinski definition) is 1. The molecule has 1 aromatic carbocycles. The van der Waals surface area contributed by atoms with Gasteiger partial charge in [-0.2, -0.15) is 0 Å². The van der Waals surface area contributed by atoms with Crippen molar-refractivity contribution < 1.29 is 4.74 Å². The van der Waals surface area contributed by atoms with Gasteiger partial charge in [-0.3, -0.25) is 4.98 Å². The second-order valence-electron chi connectivity index (χ2n) is 4.48. The smallest absolute Gasteiger partial charge is 0.159 e. The molecule has 0 fully saturated rings. The van der Waals surface area contributed by atoms with Crippen LogP contribution in [0.15, 0.2) is 33.3 Å². The molecule has 1 heterocycles. The van der Waals surface area contributed by atoms with Crippen LogP contribution in [0.25, 0.3) is 10.9 Å². The molecular formula is C15H18Br2N2O. The number of halogens is 2. The molecule has 2 aromatic rings. The zero-order chi connectivity index (χ0) is 14.4. The lowest BCUT2D eigenvalue weighted by atomic mass is 10.2. The second kappa shape index (κ2) is 7.96. The van der Waals surface area contributed by atoms with E-state index in [0.29, 0.717) is 6.61 Å².